The first-order valence-corrected chi connectivity index (χ1v) is 7.23. The number of carbonyl (C=O) groups excluding carboxylic acids is 1. The number of benzene rings is 1. The lowest BCUT2D eigenvalue weighted by atomic mass is 10.0. The number of likely N-dealkylation sites (N-methyl/N-ethyl adjacent to an activating group) is 1. The number of nitrogens with one attached hydrogen (secondary N) is 1. The SMILES string of the molecule is CC(C)c1ccc(CN(C)C(=O)C2CC(F)(F)CN2)cc1.Cl. The van der Waals surface area contributed by atoms with Crippen molar-refractivity contribution in [3.63, 3.8) is 0 Å². The molecule has 1 aromatic carbocycles. The highest BCUT2D eigenvalue weighted by Crippen LogP contribution is 2.26. The number of halogens is 3. The molecule has 1 saturated heterocycles. The van der Waals surface area contributed by atoms with Crippen molar-refractivity contribution in [1.29, 1.82) is 0 Å². The third-order valence-electron chi connectivity index (χ3n) is 3.85. The van der Waals surface area contributed by atoms with Gasteiger partial charge in [0.05, 0.1) is 12.6 Å². The number of alkyl halides is 2. The fourth-order valence-electron chi connectivity index (χ4n) is 2.52. The number of hydrogen-bond acceptors (Lipinski definition) is 2. The van der Waals surface area contributed by atoms with E-state index in [0.29, 0.717) is 12.5 Å². The minimum Gasteiger partial charge on any atom is -0.340 e. The van der Waals surface area contributed by atoms with Crippen molar-refractivity contribution in [2.75, 3.05) is 13.6 Å². The molecule has 0 bridgehead atoms. The van der Waals surface area contributed by atoms with E-state index >= 15 is 0 Å². The maximum absolute atomic E-state index is 13.1. The molecular formula is C16H23ClF2N2O. The van der Waals surface area contributed by atoms with Gasteiger partial charge < -0.3 is 4.90 Å². The fraction of sp³-hybridized carbons (Fsp3) is 0.562. The zero-order chi connectivity index (χ0) is 15.6. The molecule has 124 valence electrons. The van der Waals surface area contributed by atoms with Gasteiger partial charge in [-0.15, -0.1) is 12.4 Å². The topological polar surface area (TPSA) is 32.3 Å². The Hall–Kier alpha value is -1.20. The molecule has 0 aromatic heterocycles. The van der Waals surface area contributed by atoms with Crippen LogP contribution >= 0.6 is 12.4 Å². The fourth-order valence-corrected chi connectivity index (χ4v) is 2.52. The molecule has 1 amide bonds. The Balaban J connectivity index is 0.00000242. The molecule has 1 fully saturated rings. The van der Waals surface area contributed by atoms with Crippen molar-refractivity contribution < 1.29 is 13.6 Å². The Kier molecular flexibility index (Phi) is 6.32. The summed E-state index contributed by atoms with van der Waals surface area (Å²) in [7, 11) is 1.65. The minimum absolute atomic E-state index is 0. The molecule has 1 aliphatic heterocycles. The van der Waals surface area contributed by atoms with Gasteiger partial charge in [-0.05, 0) is 17.0 Å². The molecule has 1 aromatic rings. The van der Waals surface area contributed by atoms with Crippen molar-refractivity contribution in [3.05, 3.63) is 35.4 Å². The Morgan fingerprint density at radius 1 is 1.36 bits per heavy atom. The van der Waals surface area contributed by atoms with Gasteiger partial charge in [0, 0.05) is 20.0 Å². The minimum atomic E-state index is -2.78. The summed E-state index contributed by atoms with van der Waals surface area (Å²) < 4.78 is 26.3. The van der Waals surface area contributed by atoms with Crippen LogP contribution in [0.1, 0.15) is 37.3 Å². The number of nitrogens with zero attached hydrogens (tertiary/aromatic N) is 1. The quantitative estimate of drug-likeness (QED) is 0.918. The first-order chi connectivity index (χ1) is 9.78. The summed E-state index contributed by atoms with van der Waals surface area (Å²) in [6.07, 6.45) is -0.414. The van der Waals surface area contributed by atoms with E-state index in [2.05, 4.69) is 19.2 Å². The van der Waals surface area contributed by atoms with Gasteiger partial charge in [-0.25, -0.2) is 8.78 Å². The van der Waals surface area contributed by atoms with E-state index in [1.165, 1.54) is 10.5 Å². The van der Waals surface area contributed by atoms with E-state index in [1.54, 1.807) is 7.05 Å². The van der Waals surface area contributed by atoms with Gasteiger partial charge in [0.15, 0.2) is 0 Å². The van der Waals surface area contributed by atoms with Gasteiger partial charge in [-0.3, -0.25) is 10.1 Å². The highest BCUT2D eigenvalue weighted by molar-refractivity contribution is 5.85. The second-order valence-corrected chi connectivity index (χ2v) is 6.08. The summed E-state index contributed by atoms with van der Waals surface area (Å²) in [4.78, 5) is 13.6. The third-order valence-corrected chi connectivity index (χ3v) is 3.85. The summed E-state index contributed by atoms with van der Waals surface area (Å²) in [6.45, 7) is 4.26. The molecule has 22 heavy (non-hydrogen) atoms. The monoisotopic (exact) mass is 332 g/mol. The number of rotatable bonds is 4. The van der Waals surface area contributed by atoms with Gasteiger partial charge >= 0.3 is 0 Å². The molecule has 0 aliphatic carbocycles. The molecule has 0 spiro atoms. The molecule has 3 nitrogen and oxygen atoms in total. The van der Waals surface area contributed by atoms with Crippen molar-refractivity contribution in [2.24, 2.45) is 0 Å². The zero-order valence-electron chi connectivity index (χ0n) is 13.1. The summed E-state index contributed by atoms with van der Waals surface area (Å²) in [5.41, 5.74) is 2.24. The Bertz CT molecular complexity index is 505. The molecule has 1 N–H and O–H groups in total. The van der Waals surface area contributed by atoms with Crippen LogP contribution in [0.3, 0.4) is 0 Å². The Morgan fingerprint density at radius 2 is 1.95 bits per heavy atom. The second kappa shape index (κ2) is 7.38. The molecule has 6 heteroatoms. The summed E-state index contributed by atoms with van der Waals surface area (Å²) >= 11 is 0. The molecule has 1 aliphatic rings. The molecular weight excluding hydrogens is 310 g/mol. The number of hydrogen-bond donors (Lipinski definition) is 1. The summed E-state index contributed by atoms with van der Waals surface area (Å²) in [6, 6.07) is 7.27. The lowest BCUT2D eigenvalue weighted by molar-refractivity contribution is -0.132. The van der Waals surface area contributed by atoms with E-state index in [4.69, 9.17) is 0 Å². The Labute approximate surface area is 136 Å². The maximum atomic E-state index is 13.1. The van der Waals surface area contributed by atoms with Gasteiger partial charge in [0.25, 0.3) is 5.92 Å². The molecule has 2 rings (SSSR count). The van der Waals surface area contributed by atoms with Crippen LogP contribution < -0.4 is 5.32 Å². The zero-order valence-corrected chi connectivity index (χ0v) is 13.9. The smallest absolute Gasteiger partial charge is 0.262 e. The summed E-state index contributed by atoms with van der Waals surface area (Å²) in [5.74, 6) is -2.59. The van der Waals surface area contributed by atoms with Crippen molar-refractivity contribution >= 4 is 18.3 Å². The van der Waals surface area contributed by atoms with Crippen LogP contribution in [0, 0.1) is 0 Å². The standard InChI is InChI=1S/C16H22F2N2O.ClH/c1-11(2)13-6-4-12(5-7-13)9-20(3)15(21)14-8-16(17,18)10-19-14;/h4-7,11,14,19H,8-10H2,1-3H3;1H. The highest BCUT2D eigenvalue weighted by atomic mass is 35.5. The largest absolute Gasteiger partial charge is 0.340 e. The predicted molar refractivity (Wildman–Crippen MR) is 85.6 cm³/mol. The second-order valence-electron chi connectivity index (χ2n) is 6.08. The molecule has 0 saturated carbocycles. The van der Waals surface area contributed by atoms with Crippen molar-refractivity contribution in [3.8, 4) is 0 Å². The lowest BCUT2D eigenvalue weighted by Crippen LogP contribution is -2.41. The predicted octanol–water partition coefficient (Wildman–Crippen LogP) is 3.19. The van der Waals surface area contributed by atoms with E-state index in [0.717, 1.165) is 5.56 Å². The van der Waals surface area contributed by atoms with E-state index in [9.17, 15) is 13.6 Å². The van der Waals surface area contributed by atoms with E-state index < -0.39 is 24.9 Å². The van der Waals surface area contributed by atoms with Crippen LogP contribution in [-0.2, 0) is 11.3 Å². The summed E-state index contributed by atoms with van der Waals surface area (Å²) in [5, 5.41) is 2.60. The average Bonchev–Trinajstić information content (AvgIpc) is 2.78. The van der Waals surface area contributed by atoms with Gasteiger partial charge in [0.2, 0.25) is 5.91 Å². The Morgan fingerprint density at radius 3 is 2.41 bits per heavy atom. The lowest BCUT2D eigenvalue weighted by Gasteiger charge is -2.21. The van der Waals surface area contributed by atoms with Crippen LogP contribution in [0.25, 0.3) is 0 Å². The molecule has 1 heterocycles. The first-order valence-electron chi connectivity index (χ1n) is 7.23. The molecule has 0 radical (unpaired) electrons. The molecule has 1 atom stereocenters. The van der Waals surface area contributed by atoms with Crippen LogP contribution in [0.2, 0.25) is 0 Å². The van der Waals surface area contributed by atoms with Crippen LogP contribution in [-0.4, -0.2) is 36.4 Å². The van der Waals surface area contributed by atoms with E-state index in [1.807, 2.05) is 24.3 Å². The van der Waals surface area contributed by atoms with Crippen molar-refractivity contribution in [1.82, 2.24) is 10.2 Å². The van der Waals surface area contributed by atoms with Gasteiger partial charge in [0.1, 0.15) is 0 Å². The third kappa shape index (κ3) is 4.65. The van der Waals surface area contributed by atoms with E-state index in [-0.39, 0.29) is 18.3 Å². The normalized spacial score (nSPS) is 19.8. The van der Waals surface area contributed by atoms with Crippen LogP contribution in [0.5, 0.6) is 0 Å². The number of amides is 1. The highest BCUT2D eigenvalue weighted by Gasteiger charge is 2.43. The van der Waals surface area contributed by atoms with Crippen LogP contribution in [0.4, 0.5) is 8.78 Å². The maximum Gasteiger partial charge on any atom is 0.262 e. The first kappa shape index (κ1) is 18.8. The van der Waals surface area contributed by atoms with Gasteiger partial charge in [-0.2, -0.15) is 0 Å². The van der Waals surface area contributed by atoms with Gasteiger partial charge in [-0.1, -0.05) is 38.1 Å². The van der Waals surface area contributed by atoms with Crippen molar-refractivity contribution in [2.45, 2.75) is 44.7 Å². The average molecular weight is 333 g/mol. The molecule has 1 unspecified atom stereocenters. The number of carbonyl (C=O) groups is 1. The van der Waals surface area contributed by atoms with Crippen LogP contribution in [0.15, 0.2) is 24.3 Å².